The van der Waals surface area contributed by atoms with Crippen LogP contribution in [-0.2, 0) is 0 Å². The Morgan fingerprint density at radius 3 is 2.29 bits per heavy atom. The van der Waals surface area contributed by atoms with E-state index in [2.05, 4.69) is 22.9 Å². The lowest BCUT2D eigenvalue weighted by Crippen LogP contribution is -2.63. The van der Waals surface area contributed by atoms with Crippen LogP contribution in [0.3, 0.4) is 0 Å². The summed E-state index contributed by atoms with van der Waals surface area (Å²) in [6.45, 7) is 4.24. The zero-order chi connectivity index (χ0) is 14.4. The minimum Gasteiger partial charge on any atom is -0.334 e. The van der Waals surface area contributed by atoms with Crippen LogP contribution < -0.4 is 16.0 Å². The number of carbonyl (C=O) groups excluding carboxylic acids is 1. The average Bonchev–Trinajstić information content (AvgIpc) is 2.39. The van der Waals surface area contributed by atoms with Crippen LogP contribution >= 0.6 is 0 Å². The van der Waals surface area contributed by atoms with Gasteiger partial charge in [0.1, 0.15) is 0 Å². The molecule has 0 radical (unpaired) electrons. The van der Waals surface area contributed by atoms with Crippen LogP contribution in [0.1, 0.15) is 51.9 Å². The molecule has 4 heteroatoms. The van der Waals surface area contributed by atoms with Crippen molar-refractivity contribution in [2.45, 2.75) is 63.5 Å². The van der Waals surface area contributed by atoms with Gasteiger partial charge in [-0.15, -0.1) is 0 Å². The number of carbonyl (C=O) groups is 1. The molecule has 4 nitrogen and oxygen atoms in total. The second kappa shape index (κ2) is 5.15. The predicted molar refractivity (Wildman–Crippen MR) is 83.0 cm³/mol. The number of hydrogen-bond acceptors (Lipinski definition) is 2. The first-order valence-electron chi connectivity index (χ1n) is 8.91. The summed E-state index contributed by atoms with van der Waals surface area (Å²) in [5, 5.41) is 10.0. The van der Waals surface area contributed by atoms with Crippen molar-refractivity contribution in [3.63, 3.8) is 0 Å². The highest BCUT2D eigenvalue weighted by atomic mass is 16.2. The molecule has 0 aromatic carbocycles. The molecule has 4 bridgehead atoms. The minimum absolute atomic E-state index is 0.0810. The SMILES string of the molecule is CC1CCNCC1NC(=O)NC12CC3CC(CC(C3)C1)C2. The van der Waals surface area contributed by atoms with Crippen molar-refractivity contribution in [3.05, 3.63) is 0 Å². The molecule has 2 unspecified atom stereocenters. The fourth-order valence-electron chi connectivity index (χ4n) is 5.89. The summed E-state index contributed by atoms with van der Waals surface area (Å²) in [7, 11) is 0. The minimum atomic E-state index is 0.0810. The van der Waals surface area contributed by atoms with Crippen molar-refractivity contribution in [3.8, 4) is 0 Å². The van der Waals surface area contributed by atoms with E-state index in [4.69, 9.17) is 0 Å². The highest BCUT2D eigenvalue weighted by Crippen LogP contribution is 2.55. The maximum Gasteiger partial charge on any atom is 0.315 e. The molecule has 21 heavy (non-hydrogen) atoms. The van der Waals surface area contributed by atoms with E-state index >= 15 is 0 Å². The molecule has 2 atom stereocenters. The predicted octanol–water partition coefficient (Wildman–Crippen LogP) is 2.25. The summed E-state index contributed by atoms with van der Waals surface area (Å²) in [6, 6.07) is 0.366. The van der Waals surface area contributed by atoms with Gasteiger partial charge in [-0.2, -0.15) is 0 Å². The van der Waals surface area contributed by atoms with Crippen LogP contribution in [0, 0.1) is 23.7 Å². The largest absolute Gasteiger partial charge is 0.334 e. The van der Waals surface area contributed by atoms with Gasteiger partial charge in [-0.3, -0.25) is 0 Å². The lowest BCUT2D eigenvalue weighted by Gasteiger charge is -2.56. The van der Waals surface area contributed by atoms with E-state index < -0.39 is 0 Å². The Hall–Kier alpha value is -0.770. The fourth-order valence-corrected chi connectivity index (χ4v) is 5.89. The zero-order valence-electron chi connectivity index (χ0n) is 13.2. The molecule has 5 rings (SSSR count). The number of hydrogen-bond donors (Lipinski definition) is 3. The summed E-state index contributed by atoms with van der Waals surface area (Å²) in [6.07, 6.45) is 9.10. The quantitative estimate of drug-likeness (QED) is 0.731. The Bertz CT molecular complexity index is 387. The van der Waals surface area contributed by atoms with Crippen LogP contribution in [-0.4, -0.2) is 30.7 Å². The molecule has 2 amide bonds. The normalized spacial score (nSPS) is 48.1. The number of amides is 2. The molecule has 3 N–H and O–H groups in total. The van der Waals surface area contributed by atoms with E-state index in [1.165, 1.54) is 38.5 Å². The van der Waals surface area contributed by atoms with Gasteiger partial charge in [0.05, 0.1) is 0 Å². The van der Waals surface area contributed by atoms with Crippen LogP contribution in [0.2, 0.25) is 0 Å². The molecule has 5 aliphatic rings. The Morgan fingerprint density at radius 2 is 1.71 bits per heavy atom. The molecule has 4 saturated carbocycles. The first-order chi connectivity index (χ1) is 10.1. The lowest BCUT2D eigenvalue weighted by molar-refractivity contribution is -0.0138. The highest BCUT2D eigenvalue weighted by Gasteiger charge is 2.51. The van der Waals surface area contributed by atoms with Gasteiger partial charge in [-0.05, 0) is 75.2 Å². The van der Waals surface area contributed by atoms with E-state index in [1.54, 1.807) is 0 Å². The fraction of sp³-hybridized carbons (Fsp3) is 0.941. The third kappa shape index (κ3) is 2.67. The van der Waals surface area contributed by atoms with Gasteiger partial charge in [0.25, 0.3) is 0 Å². The molecule has 5 fully saturated rings. The van der Waals surface area contributed by atoms with Gasteiger partial charge < -0.3 is 16.0 Å². The summed E-state index contributed by atoms with van der Waals surface area (Å²) in [5.74, 6) is 3.22. The third-order valence-corrected chi connectivity index (χ3v) is 6.56. The molecule has 118 valence electrons. The number of piperidine rings is 1. The van der Waals surface area contributed by atoms with Crippen molar-refractivity contribution in [1.82, 2.24) is 16.0 Å². The molecule has 0 aromatic rings. The van der Waals surface area contributed by atoms with Crippen molar-refractivity contribution >= 4 is 6.03 Å². The summed E-state index contributed by atoms with van der Waals surface area (Å²) in [5.41, 5.74) is 0.129. The molecule has 1 aliphatic heterocycles. The molecule has 4 aliphatic carbocycles. The molecule has 1 saturated heterocycles. The summed E-state index contributed by atoms with van der Waals surface area (Å²) >= 11 is 0. The van der Waals surface area contributed by atoms with E-state index in [9.17, 15) is 4.79 Å². The first kappa shape index (κ1) is 13.9. The van der Waals surface area contributed by atoms with Crippen LogP contribution in [0.4, 0.5) is 4.79 Å². The molecular weight excluding hydrogens is 262 g/mol. The first-order valence-corrected chi connectivity index (χ1v) is 8.91. The maximum absolute atomic E-state index is 12.5. The van der Waals surface area contributed by atoms with E-state index in [1.807, 2.05) is 0 Å². The Balaban J connectivity index is 1.38. The summed E-state index contributed by atoms with van der Waals surface area (Å²) < 4.78 is 0. The maximum atomic E-state index is 12.5. The van der Waals surface area contributed by atoms with Crippen LogP contribution in [0.15, 0.2) is 0 Å². The summed E-state index contributed by atoms with van der Waals surface area (Å²) in [4.78, 5) is 12.5. The highest BCUT2D eigenvalue weighted by molar-refractivity contribution is 5.75. The van der Waals surface area contributed by atoms with Gasteiger partial charge in [0, 0.05) is 18.1 Å². The average molecular weight is 291 g/mol. The second-order valence-corrected chi connectivity index (χ2v) is 8.37. The third-order valence-electron chi connectivity index (χ3n) is 6.56. The monoisotopic (exact) mass is 291 g/mol. The van der Waals surface area contributed by atoms with E-state index in [0.717, 1.165) is 37.3 Å². The van der Waals surface area contributed by atoms with Crippen molar-refractivity contribution < 1.29 is 4.79 Å². The number of nitrogens with one attached hydrogen (secondary N) is 3. The topological polar surface area (TPSA) is 53.2 Å². The van der Waals surface area contributed by atoms with Crippen LogP contribution in [0.5, 0.6) is 0 Å². The molecule has 1 heterocycles. The number of urea groups is 1. The Morgan fingerprint density at radius 1 is 1.10 bits per heavy atom. The molecular formula is C17H29N3O. The second-order valence-electron chi connectivity index (χ2n) is 8.37. The Kier molecular flexibility index (Phi) is 3.40. The standard InChI is InChI=1S/C17H29N3O/c1-11-2-3-18-10-15(11)19-16(21)20-17-7-12-4-13(8-17)6-14(5-12)9-17/h11-15,18H,2-10H2,1H3,(H2,19,20,21). The van der Waals surface area contributed by atoms with Gasteiger partial charge in [-0.1, -0.05) is 6.92 Å². The van der Waals surface area contributed by atoms with Crippen molar-refractivity contribution in [2.24, 2.45) is 23.7 Å². The lowest BCUT2D eigenvalue weighted by atomic mass is 9.53. The van der Waals surface area contributed by atoms with Crippen LogP contribution in [0.25, 0.3) is 0 Å². The van der Waals surface area contributed by atoms with E-state index in [-0.39, 0.29) is 17.6 Å². The van der Waals surface area contributed by atoms with Crippen molar-refractivity contribution in [1.29, 1.82) is 0 Å². The van der Waals surface area contributed by atoms with Gasteiger partial charge >= 0.3 is 6.03 Å². The van der Waals surface area contributed by atoms with Gasteiger partial charge in [0.2, 0.25) is 0 Å². The van der Waals surface area contributed by atoms with Gasteiger partial charge in [0.15, 0.2) is 0 Å². The zero-order valence-corrected chi connectivity index (χ0v) is 13.2. The Labute approximate surface area is 127 Å². The van der Waals surface area contributed by atoms with E-state index in [0.29, 0.717) is 5.92 Å². The molecule has 0 spiro atoms. The number of rotatable bonds is 2. The van der Waals surface area contributed by atoms with Gasteiger partial charge in [-0.25, -0.2) is 4.79 Å². The smallest absolute Gasteiger partial charge is 0.315 e. The molecule has 0 aromatic heterocycles. The van der Waals surface area contributed by atoms with Crippen molar-refractivity contribution in [2.75, 3.05) is 13.1 Å².